The molecule has 2 fully saturated rings. The summed E-state index contributed by atoms with van der Waals surface area (Å²) < 4.78 is 5.52. The average Bonchev–Trinajstić information content (AvgIpc) is 2.96. The maximum atomic E-state index is 5.52. The molecule has 0 spiro atoms. The number of rotatable bonds is 7. The van der Waals surface area contributed by atoms with Gasteiger partial charge in [-0.3, -0.25) is 0 Å². The van der Waals surface area contributed by atoms with Gasteiger partial charge in [-0.2, -0.15) is 0 Å². The largest absolute Gasteiger partial charge is 0.379 e. The number of hydrogen-bond acceptors (Lipinski definition) is 2. The lowest BCUT2D eigenvalue weighted by atomic mass is 9.82. The quantitative estimate of drug-likeness (QED) is 0.748. The van der Waals surface area contributed by atoms with Crippen LogP contribution in [-0.4, -0.2) is 25.8 Å². The van der Waals surface area contributed by atoms with Crippen LogP contribution in [0.5, 0.6) is 0 Å². The second-order valence-electron chi connectivity index (χ2n) is 7.16. The summed E-state index contributed by atoms with van der Waals surface area (Å²) in [5.74, 6) is 3.14. The van der Waals surface area contributed by atoms with Gasteiger partial charge in [0.2, 0.25) is 0 Å². The second-order valence-corrected chi connectivity index (χ2v) is 7.16. The number of hydrogen-bond donors (Lipinski definition) is 1. The lowest BCUT2D eigenvalue weighted by molar-refractivity contribution is 0.0111. The van der Waals surface area contributed by atoms with Crippen molar-refractivity contribution in [3.05, 3.63) is 0 Å². The summed E-state index contributed by atoms with van der Waals surface area (Å²) in [6.45, 7) is 4.38. The van der Waals surface area contributed by atoms with Crippen LogP contribution in [0.3, 0.4) is 0 Å². The highest BCUT2D eigenvalue weighted by Gasteiger charge is 2.39. The third-order valence-electron chi connectivity index (χ3n) is 5.53. The molecule has 2 aliphatic rings. The van der Waals surface area contributed by atoms with E-state index in [1.165, 1.54) is 38.5 Å². The van der Waals surface area contributed by atoms with Crippen molar-refractivity contribution in [3.8, 4) is 0 Å². The van der Waals surface area contributed by atoms with E-state index in [1.54, 1.807) is 0 Å². The van der Waals surface area contributed by atoms with Crippen molar-refractivity contribution in [3.63, 3.8) is 0 Å². The Hall–Kier alpha value is -0.0800. The van der Waals surface area contributed by atoms with Crippen LogP contribution in [0.2, 0.25) is 0 Å². The summed E-state index contributed by atoms with van der Waals surface area (Å²) in [7, 11) is 3.95. The first-order valence-electron chi connectivity index (χ1n) is 7.76. The molecule has 106 valence electrons. The molecule has 2 nitrogen and oxygen atoms in total. The van der Waals surface area contributed by atoms with Crippen molar-refractivity contribution in [2.45, 2.75) is 70.4 Å². The standard InChI is InChI=1S/C16H31NO/c1-16(2,18-4)8-7-15(17-3)11-14-10-12-5-6-13(14)9-12/h12-15,17H,5-11H2,1-4H3. The van der Waals surface area contributed by atoms with E-state index in [1.807, 2.05) is 7.11 Å². The van der Waals surface area contributed by atoms with E-state index in [0.29, 0.717) is 6.04 Å². The number of methoxy groups -OCH3 is 1. The number of ether oxygens (including phenoxy) is 1. The van der Waals surface area contributed by atoms with Crippen LogP contribution in [0.15, 0.2) is 0 Å². The van der Waals surface area contributed by atoms with Gasteiger partial charge in [-0.1, -0.05) is 6.42 Å². The first kappa shape index (κ1) is 14.3. The van der Waals surface area contributed by atoms with Crippen molar-refractivity contribution in [2.75, 3.05) is 14.2 Å². The fourth-order valence-electron chi connectivity index (χ4n) is 4.03. The zero-order valence-electron chi connectivity index (χ0n) is 12.7. The van der Waals surface area contributed by atoms with Gasteiger partial charge in [-0.25, -0.2) is 0 Å². The molecule has 0 aromatic heterocycles. The van der Waals surface area contributed by atoms with E-state index < -0.39 is 0 Å². The summed E-state index contributed by atoms with van der Waals surface area (Å²) in [5.41, 5.74) is 0.0315. The molecular weight excluding hydrogens is 222 g/mol. The normalized spacial score (nSPS) is 33.0. The molecule has 18 heavy (non-hydrogen) atoms. The van der Waals surface area contributed by atoms with Gasteiger partial charge in [0.1, 0.15) is 0 Å². The Balaban J connectivity index is 1.75. The topological polar surface area (TPSA) is 21.3 Å². The third-order valence-corrected chi connectivity index (χ3v) is 5.53. The fourth-order valence-corrected chi connectivity index (χ4v) is 4.03. The van der Waals surface area contributed by atoms with Gasteiger partial charge in [-0.15, -0.1) is 0 Å². The molecule has 0 aromatic rings. The monoisotopic (exact) mass is 253 g/mol. The van der Waals surface area contributed by atoms with Crippen molar-refractivity contribution in [1.82, 2.24) is 5.32 Å². The minimum atomic E-state index is 0.0315. The molecule has 4 unspecified atom stereocenters. The molecule has 2 saturated carbocycles. The Bertz CT molecular complexity index is 264. The van der Waals surface area contributed by atoms with Gasteiger partial charge in [0.25, 0.3) is 0 Å². The summed E-state index contributed by atoms with van der Waals surface area (Å²) >= 11 is 0. The molecule has 2 aliphatic carbocycles. The summed E-state index contributed by atoms with van der Waals surface area (Å²) in [4.78, 5) is 0. The molecule has 1 N–H and O–H groups in total. The minimum Gasteiger partial charge on any atom is -0.379 e. The molecule has 0 heterocycles. The predicted molar refractivity (Wildman–Crippen MR) is 76.7 cm³/mol. The second kappa shape index (κ2) is 5.92. The fraction of sp³-hybridized carbons (Fsp3) is 1.00. The summed E-state index contributed by atoms with van der Waals surface area (Å²) in [6, 6.07) is 0.684. The highest BCUT2D eigenvalue weighted by Crippen LogP contribution is 2.50. The molecule has 2 bridgehead atoms. The minimum absolute atomic E-state index is 0.0315. The zero-order chi connectivity index (χ0) is 13.2. The molecular formula is C16H31NO. The third kappa shape index (κ3) is 3.48. The van der Waals surface area contributed by atoms with Crippen LogP contribution in [0.4, 0.5) is 0 Å². The molecule has 0 aliphatic heterocycles. The Morgan fingerprint density at radius 2 is 2.06 bits per heavy atom. The van der Waals surface area contributed by atoms with Crippen LogP contribution in [0.1, 0.15) is 58.8 Å². The van der Waals surface area contributed by atoms with Crippen LogP contribution >= 0.6 is 0 Å². The predicted octanol–water partition coefficient (Wildman–Crippen LogP) is 3.61. The maximum Gasteiger partial charge on any atom is 0.0623 e. The van der Waals surface area contributed by atoms with Crippen molar-refractivity contribution in [1.29, 1.82) is 0 Å². The van der Waals surface area contributed by atoms with Crippen LogP contribution in [0, 0.1) is 17.8 Å². The van der Waals surface area contributed by atoms with Gasteiger partial charge < -0.3 is 10.1 Å². The Morgan fingerprint density at radius 3 is 2.56 bits per heavy atom. The molecule has 2 heteroatoms. The van der Waals surface area contributed by atoms with Gasteiger partial charge in [0.15, 0.2) is 0 Å². The zero-order valence-corrected chi connectivity index (χ0v) is 12.7. The van der Waals surface area contributed by atoms with E-state index in [4.69, 9.17) is 4.74 Å². The van der Waals surface area contributed by atoms with E-state index in [0.717, 1.165) is 24.2 Å². The molecule has 0 amide bonds. The SMILES string of the molecule is CNC(CCC(C)(C)OC)CC1CC2CCC1C2. The maximum absolute atomic E-state index is 5.52. The number of fused-ring (bicyclic) bond motifs is 2. The van der Waals surface area contributed by atoms with Gasteiger partial charge in [0.05, 0.1) is 5.60 Å². The molecule has 0 radical (unpaired) electrons. The molecule has 4 atom stereocenters. The average molecular weight is 253 g/mol. The summed E-state index contributed by atoms with van der Waals surface area (Å²) in [6.07, 6.45) is 9.84. The first-order chi connectivity index (χ1) is 8.54. The Kier molecular flexibility index (Phi) is 4.71. The van der Waals surface area contributed by atoms with Crippen molar-refractivity contribution >= 4 is 0 Å². The summed E-state index contributed by atoms with van der Waals surface area (Å²) in [5, 5.41) is 3.53. The Labute approximate surface area is 113 Å². The van der Waals surface area contributed by atoms with Crippen LogP contribution in [0.25, 0.3) is 0 Å². The van der Waals surface area contributed by atoms with E-state index >= 15 is 0 Å². The van der Waals surface area contributed by atoms with Gasteiger partial charge >= 0.3 is 0 Å². The highest BCUT2D eigenvalue weighted by molar-refractivity contribution is 4.91. The lowest BCUT2D eigenvalue weighted by Crippen LogP contribution is -2.33. The van der Waals surface area contributed by atoms with Crippen LogP contribution in [-0.2, 0) is 4.74 Å². The number of nitrogens with one attached hydrogen (secondary N) is 1. The van der Waals surface area contributed by atoms with Gasteiger partial charge in [-0.05, 0) is 77.2 Å². The molecule has 0 aromatic carbocycles. The molecule has 0 saturated heterocycles. The highest BCUT2D eigenvalue weighted by atomic mass is 16.5. The van der Waals surface area contributed by atoms with E-state index in [-0.39, 0.29) is 5.60 Å². The first-order valence-corrected chi connectivity index (χ1v) is 7.76. The van der Waals surface area contributed by atoms with Crippen molar-refractivity contribution in [2.24, 2.45) is 17.8 Å². The van der Waals surface area contributed by atoms with E-state index in [9.17, 15) is 0 Å². The lowest BCUT2D eigenvalue weighted by Gasteiger charge is -2.29. The smallest absolute Gasteiger partial charge is 0.0623 e. The van der Waals surface area contributed by atoms with E-state index in [2.05, 4.69) is 26.2 Å². The van der Waals surface area contributed by atoms with Gasteiger partial charge in [0, 0.05) is 13.2 Å². The molecule has 2 rings (SSSR count). The van der Waals surface area contributed by atoms with Crippen LogP contribution < -0.4 is 5.32 Å². The van der Waals surface area contributed by atoms with Crippen molar-refractivity contribution < 1.29 is 4.74 Å². The Morgan fingerprint density at radius 1 is 1.28 bits per heavy atom.